The molecule has 0 unspecified atom stereocenters. The van der Waals surface area contributed by atoms with Crippen LogP contribution in [-0.2, 0) is 10.9 Å². The van der Waals surface area contributed by atoms with Crippen molar-refractivity contribution in [1.29, 1.82) is 0 Å². The summed E-state index contributed by atoms with van der Waals surface area (Å²) in [5.74, 6) is -0.965. The fourth-order valence-electron chi connectivity index (χ4n) is 1.21. The molecule has 0 atom stereocenters. The SMILES string of the molecule is CCOC(=O)c1ccc(I(F)F)c(C(F)(F)F)c1. The van der Waals surface area contributed by atoms with Crippen molar-refractivity contribution >= 4 is 26.9 Å². The molecule has 0 aliphatic carbocycles. The number of hydrogen-bond acceptors (Lipinski definition) is 2. The molecule has 0 fully saturated rings. The van der Waals surface area contributed by atoms with Crippen LogP contribution in [0.2, 0.25) is 0 Å². The summed E-state index contributed by atoms with van der Waals surface area (Å²) < 4.78 is 66.4. The summed E-state index contributed by atoms with van der Waals surface area (Å²) in [6.07, 6.45) is -4.91. The van der Waals surface area contributed by atoms with Gasteiger partial charge in [0.25, 0.3) is 0 Å². The third kappa shape index (κ3) is 3.53. The molecule has 1 rings (SSSR count). The summed E-state index contributed by atoms with van der Waals surface area (Å²) in [5, 5.41) is 0. The Labute approximate surface area is 108 Å². The van der Waals surface area contributed by atoms with Crippen molar-refractivity contribution in [2.75, 3.05) is 6.61 Å². The second-order valence-corrected chi connectivity index (χ2v) is 5.40. The van der Waals surface area contributed by atoms with Gasteiger partial charge in [-0.15, -0.1) is 0 Å². The first-order valence-corrected chi connectivity index (χ1v) is 7.39. The molecule has 8 heteroatoms. The average molecular weight is 382 g/mol. The Balaban J connectivity index is 3.26. The van der Waals surface area contributed by atoms with Crippen LogP contribution in [0.3, 0.4) is 0 Å². The van der Waals surface area contributed by atoms with Crippen LogP contribution < -0.4 is 0 Å². The summed E-state index contributed by atoms with van der Waals surface area (Å²) >= 11 is -4.78. The van der Waals surface area contributed by atoms with Crippen LogP contribution in [0.1, 0.15) is 22.8 Å². The van der Waals surface area contributed by atoms with E-state index < -0.39 is 42.2 Å². The molecule has 102 valence electrons. The third-order valence-corrected chi connectivity index (χ3v) is 3.76. The number of benzene rings is 1. The second-order valence-electron chi connectivity index (χ2n) is 3.11. The standard InChI is InChI=1S/C10H8F5IO2/c1-2-18-9(17)6-3-4-8(16(14)15)7(5-6)10(11,12)13/h3-5H,2H2,1H3. The van der Waals surface area contributed by atoms with Crippen molar-refractivity contribution in [2.45, 2.75) is 13.1 Å². The Morgan fingerprint density at radius 2 is 1.94 bits per heavy atom. The van der Waals surface area contributed by atoms with Gasteiger partial charge in [0.05, 0.1) is 0 Å². The molecule has 0 bridgehead atoms. The number of halogens is 6. The minimum absolute atomic E-state index is 0.00729. The van der Waals surface area contributed by atoms with Gasteiger partial charge in [0.1, 0.15) is 0 Å². The molecule has 0 aliphatic heterocycles. The van der Waals surface area contributed by atoms with E-state index in [-0.39, 0.29) is 12.2 Å². The van der Waals surface area contributed by atoms with Gasteiger partial charge in [-0.25, -0.2) is 0 Å². The second kappa shape index (κ2) is 5.81. The first-order valence-electron chi connectivity index (χ1n) is 4.68. The van der Waals surface area contributed by atoms with Gasteiger partial charge in [-0.05, 0) is 0 Å². The summed E-state index contributed by atoms with van der Waals surface area (Å²) in [4.78, 5) is 11.2. The molecule has 0 spiro atoms. The Morgan fingerprint density at radius 3 is 2.39 bits per heavy atom. The van der Waals surface area contributed by atoms with E-state index in [1.807, 2.05) is 0 Å². The van der Waals surface area contributed by atoms with E-state index in [9.17, 15) is 23.7 Å². The van der Waals surface area contributed by atoms with Crippen molar-refractivity contribution in [1.82, 2.24) is 0 Å². The zero-order valence-electron chi connectivity index (χ0n) is 9.02. The van der Waals surface area contributed by atoms with E-state index >= 15 is 0 Å². The molecule has 0 radical (unpaired) electrons. The maximum atomic E-state index is 12.6. The van der Waals surface area contributed by atoms with Gasteiger partial charge in [0.2, 0.25) is 0 Å². The summed E-state index contributed by atoms with van der Waals surface area (Å²) in [7, 11) is 0. The van der Waals surface area contributed by atoms with Gasteiger partial charge in [-0.3, -0.25) is 0 Å². The van der Waals surface area contributed by atoms with E-state index in [1.165, 1.54) is 6.92 Å². The number of rotatable bonds is 3. The van der Waals surface area contributed by atoms with Gasteiger partial charge in [0.15, 0.2) is 0 Å². The third-order valence-electron chi connectivity index (χ3n) is 1.94. The van der Waals surface area contributed by atoms with Gasteiger partial charge in [-0.2, -0.15) is 0 Å². The number of hydrogen-bond donors (Lipinski definition) is 0. The fraction of sp³-hybridized carbons (Fsp3) is 0.300. The first-order chi connectivity index (χ1) is 8.27. The number of carbonyl (C=O) groups is 1. The molecule has 0 saturated carbocycles. The van der Waals surface area contributed by atoms with E-state index in [4.69, 9.17) is 0 Å². The molecular weight excluding hydrogens is 374 g/mol. The number of alkyl halides is 3. The fourth-order valence-corrected chi connectivity index (χ4v) is 2.56. The Bertz CT molecular complexity index is 444. The van der Waals surface area contributed by atoms with E-state index in [2.05, 4.69) is 4.74 Å². The van der Waals surface area contributed by atoms with Crippen molar-refractivity contribution < 1.29 is 28.4 Å². The number of ether oxygens (including phenoxy) is 1. The van der Waals surface area contributed by atoms with Gasteiger partial charge in [0, 0.05) is 0 Å². The van der Waals surface area contributed by atoms with E-state index in [1.54, 1.807) is 0 Å². The molecule has 1 aromatic carbocycles. The van der Waals surface area contributed by atoms with Gasteiger partial charge < -0.3 is 0 Å². The van der Waals surface area contributed by atoms with Crippen LogP contribution in [0.25, 0.3) is 0 Å². The minimum atomic E-state index is -4.91. The summed E-state index contributed by atoms with van der Waals surface area (Å²) in [5.41, 5.74) is -1.84. The van der Waals surface area contributed by atoms with Gasteiger partial charge in [-0.1, -0.05) is 0 Å². The zero-order valence-corrected chi connectivity index (χ0v) is 11.2. The first kappa shape index (κ1) is 15.1. The normalized spacial score (nSPS) is 12.2. The number of esters is 1. The summed E-state index contributed by atoms with van der Waals surface area (Å²) in [6, 6.07) is 1.99. The van der Waals surface area contributed by atoms with Gasteiger partial charge >= 0.3 is 108 Å². The van der Waals surface area contributed by atoms with Crippen molar-refractivity contribution in [3.63, 3.8) is 0 Å². The predicted molar refractivity (Wildman–Crippen MR) is 62.3 cm³/mol. The van der Waals surface area contributed by atoms with Crippen LogP contribution in [0.15, 0.2) is 18.2 Å². The molecule has 1 aromatic rings. The van der Waals surface area contributed by atoms with Crippen LogP contribution >= 0.6 is 21.0 Å². The molecule has 0 saturated heterocycles. The predicted octanol–water partition coefficient (Wildman–Crippen LogP) is 4.33. The van der Waals surface area contributed by atoms with Crippen molar-refractivity contribution in [2.24, 2.45) is 0 Å². The molecule has 2 nitrogen and oxygen atoms in total. The van der Waals surface area contributed by atoms with Crippen LogP contribution in [0.5, 0.6) is 0 Å². The van der Waals surface area contributed by atoms with Crippen molar-refractivity contribution in [3.8, 4) is 0 Å². The molecule has 0 aliphatic rings. The Morgan fingerprint density at radius 1 is 1.33 bits per heavy atom. The van der Waals surface area contributed by atoms with Crippen LogP contribution in [0, 0.1) is 3.57 Å². The Hall–Kier alpha value is -0.930. The number of carbonyl (C=O) groups excluding carboxylic acids is 1. The molecule has 18 heavy (non-hydrogen) atoms. The monoisotopic (exact) mass is 382 g/mol. The zero-order chi connectivity index (χ0) is 13.9. The topological polar surface area (TPSA) is 26.3 Å². The summed E-state index contributed by atoms with van der Waals surface area (Å²) in [6.45, 7) is 1.48. The van der Waals surface area contributed by atoms with Crippen molar-refractivity contribution in [3.05, 3.63) is 32.9 Å². The van der Waals surface area contributed by atoms with E-state index in [0.717, 1.165) is 6.07 Å². The van der Waals surface area contributed by atoms with Crippen LogP contribution in [0.4, 0.5) is 18.9 Å². The van der Waals surface area contributed by atoms with Crippen LogP contribution in [-0.4, -0.2) is 12.6 Å². The molecular formula is C10H8F5IO2. The molecule has 0 N–H and O–H groups in total. The average Bonchev–Trinajstić information content (AvgIpc) is 2.27. The molecule has 0 amide bonds. The quantitative estimate of drug-likeness (QED) is 0.442. The van der Waals surface area contributed by atoms with E-state index in [0.29, 0.717) is 12.1 Å². The Kier molecular flexibility index (Phi) is 4.88. The molecule has 0 aromatic heterocycles. The maximum absolute atomic E-state index is 12.6. The molecule has 0 heterocycles.